The highest BCUT2D eigenvalue weighted by atomic mass is 15.1. The van der Waals surface area contributed by atoms with Crippen LogP contribution in [-0.2, 0) is 0 Å². The molecule has 0 bridgehead atoms. The summed E-state index contributed by atoms with van der Waals surface area (Å²) in [5.74, 6) is 0.915. The second-order valence-corrected chi connectivity index (χ2v) is 14.7. The molecule has 3 heteroatoms. The largest absolute Gasteiger partial charge is 0.309 e. The molecule has 12 rings (SSSR count). The lowest BCUT2D eigenvalue weighted by atomic mass is 9.92. The molecule has 12 aromatic rings. The van der Waals surface area contributed by atoms with Gasteiger partial charge in [-0.15, -0.1) is 0 Å². The summed E-state index contributed by atoms with van der Waals surface area (Å²) in [4.78, 5) is 5.55. The average Bonchev–Trinajstić information content (AvgIpc) is 3.83. The van der Waals surface area contributed by atoms with E-state index in [9.17, 15) is 0 Å². The minimum atomic E-state index is 0.915. The molecule has 10 aromatic carbocycles. The maximum Gasteiger partial charge on any atom is 0.145 e. The summed E-state index contributed by atoms with van der Waals surface area (Å²) in [5.41, 5.74) is 10.2. The van der Waals surface area contributed by atoms with Crippen LogP contribution >= 0.6 is 0 Å². The van der Waals surface area contributed by atoms with Crippen LogP contribution in [-0.4, -0.2) is 14.1 Å². The molecule has 0 unspecified atom stereocenters. The van der Waals surface area contributed by atoms with Crippen LogP contribution in [0, 0.1) is 0 Å². The summed E-state index contributed by atoms with van der Waals surface area (Å²) in [7, 11) is 0. The van der Waals surface area contributed by atoms with E-state index in [1.54, 1.807) is 0 Å². The van der Waals surface area contributed by atoms with Gasteiger partial charge in [0.25, 0.3) is 0 Å². The Hall–Kier alpha value is -7.49. The smallest absolute Gasteiger partial charge is 0.145 e. The second-order valence-electron chi connectivity index (χ2n) is 14.7. The number of benzene rings is 10. The molecule has 3 nitrogen and oxygen atoms in total. The summed E-state index contributed by atoms with van der Waals surface area (Å²) in [6.45, 7) is 0. The van der Waals surface area contributed by atoms with E-state index in [0.29, 0.717) is 0 Å². The van der Waals surface area contributed by atoms with E-state index in [1.165, 1.54) is 70.6 Å². The van der Waals surface area contributed by atoms with Crippen LogP contribution in [0.1, 0.15) is 0 Å². The molecular formula is C53H33N3. The van der Waals surface area contributed by atoms with Crippen LogP contribution < -0.4 is 0 Å². The van der Waals surface area contributed by atoms with E-state index in [0.717, 1.165) is 39.2 Å². The Bertz CT molecular complexity index is 3410. The summed E-state index contributed by atoms with van der Waals surface area (Å²) in [5, 5.41) is 12.3. The van der Waals surface area contributed by atoms with Crippen molar-refractivity contribution in [3.8, 4) is 33.9 Å². The fourth-order valence-electron chi connectivity index (χ4n) is 9.21. The predicted molar refractivity (Wildman–Crippen MR) is 236 cm³/mol. The average molecular weight is 712 g/mol. The molecule has 56 heavy (non-hydrogen) atoms. The Labute approximate surface area is 322 Å². The molecule has 0 saturated carbocycles. The number of fused-ring (bicyclic) bond motifs is 11. The van der Waals surface area contributed by atoms with Crippen molar-refractivity contribution in [1.82, 2.24) is 14.1 Å². The van der Waals surface area contributed by atoms with Crippen molar-refractivity contribution >= 4 is 75.9 Å². The number of aromatic nitrogens is 3. The Balaban J connectivity index is 1.09. The molecule has 0 N–H and O–H groups in total. The highest BCUT2D eigenvalue weighted by Crippen LogP contribution is 2.41. The van der Waals surface area contributed by atoms with Gasteiger partial charge in [-0.2, -0.15) is 0 Å². The van der Waals surface area contributed by atoms with Gasteiger partial charge in [0.2, 0.25) is 0 Å². The molecule has 0 amide bonds. The van der Waals surface area contributed by atoms with Crippen LogP contribution in [0.15, 0.2) is 200 Å². The third-order valence-electron chi connectivity index (χ3n) is 11.7. The molecule has 0 aliphatic rings. The maximum absolute atomic E-state index is 5.55. The lowest BCUT2D eigenvalue weighted by Gasteiger charge is -2.15. The van der Waals surface area contributed by atoms with Crippen LogP contribution in [0.3, 0.4) is 0 Å². The van der Waals surface area contributed by atoms with Crippen LogP contribution in [0.2, 0.25) is 0 Å². The third-order valence-corrected chi connectivity index (χ3v) is 11.7. The monoisotopic (exact) mass is 711 g/mol. The Morgan fingerprint density at radius 1 is 0.321 bits per heavy atom. The Morgan fingerprint density at radius 2 is 0.750 bits per heavy atom. The summed E-state index contributed by atoms with van der Waals surface area (Å²) >= 11 is 0. The van der Waals surface area contributed by atoms with Gasteiger partial charge in [0.1, 0.15) is 5.82 Å². The normalized spacial score (nSPS) is 11.9. The lowest BCUT2D eigenvalue weighted by molar-refractivity contribution is 1.10. The summed E-state index contributed by atoms with van der Waals surface area (Å²) < 4.78 is 4.75. The molecule has 0 fully saturated rings. The van der Waals surface area contributed by atoms with E-state index in [1.807, 2.05) is 0 Å². The van der Waals surface area contributed by atoms with E-state index in [4.69, 9.17) is 4.98 Å². The SMILES string of the molecule is c1ccc2c(-c3ccc(-n4c(-c5ccc(-n6c7ccccc7c7ccccc76)cc5)nc5c6ccccc6c6ccccc6c54)cc3)c3ccccc3cc2c1. The number of hydrogen-bond acceptors (Lipinski definition) is 1. The van der Waals surface area contributed by atoms with Gasteiger partial charge in [0, 0.05) is 38.5 Å². The number of hydrogen-bond donors (Lipinski definition) is 0. The van der Waals surface area contributed by atoms with Gasteiger partial charge in [-0.3, -0.25) is 4.57 Å². The van der Waals surface area contributed by atoms with Gasteiger partial charge in [-0.1, -0.05) is 146 Å². The van der Waals surface area contributed by atoms with Gasteiger partial charge in [0.05, 0.1) is 22.1 Å². The van der Waals surface area contributed by atoms with Crippen molar-refractivity contribution in [2.75, 3.05) is 0 Å². The van der Waals surface area contributed by atoms with Crippen molar-refractivity contribution in [3.05, 3.63) is 200 Å². The zero-order valence-electron chi connectivity index (χ0n) is 30.4. The molecule has 0 atom stereocenters. The fraction of sp³-hybridized carbons (Fsp3) is 0. The molecule has 2 aromatic heterocycles. The van der Waals surface area contributed by atoms with E-state index in [-0.39, 0.29) is 0 Å². The predicted octanol–water partition coefficient (Wildman–Crippen LogP) is 14.1. The first-order valence-corrected chi connectivity index (χ1v) is 19.2. The topological polar surface area (TPSA) is 22.8 Å². The molecule has 0 aliphatic carbocycles. The highest BCUT2D eigenvalue weighted by molar-refractivity contribution is 6.24. The van der Waals surface area contributed by atoms with Gasteiger partial charge < -0.3 is 4.57 Å². The molecule has 0 spiro atoms. The fourth-order valence-corrected chi connectivity index (χ4v) is 9.21. The Morgan fingerprint density at radius 3 is 1.34 bits per heavy atom. The summed E-state index contributed by atoms with van der Waals surface area (Å²) in [6, 6.07) is 72.6. The van der Waals surface area contributed by atoms with E-state index < -0.39 is 0 Å². The molecule has 2 heterocycles. The zero-order valence-corrected chi connectivity index (χ0v) is 30.4. The van der Waals surface area contributed by atoms with Crippen molar-refractivity contribution in [1.29, 1.82) is 0 Å². The molecule has 0 saturated heterocycles. The van der Waals surface area contributed by atoms with Crippen LogP contribution in [0.25, 0.3) is 110 Å². The van der Waals surface area contributed by atoms with Crippen molar-refractivity contribution in [2.24, 2.45) is 0 Å². The van der Waals surface area contributed by atoms with Gasteiger partial charge in [-0.05, 0) is 98.0 Å². The Kier molecular flexibility index (Phi) is 6.63. The van der Waals surface area contributed by atoms with E-state index in [2.05, 4.69) is 209 Å². The number of rotatable bonds is 4. The number of imidazole rings is 1. The minimum Gasteiger partial charge on any atom is -0.309 e. The quantitative estimate of drug-likeness (QED) is 0.132. The molecule has 0 radical (unpaired) electrons. The standard InChI is InChI=1S/C53H33N3/c1-3-15-40-36(13-1)33-37-14-2-4-16-41(37)50(40)34-25-29-39(30-26-34)56-52-47-22-8-6-18-43(47)42-17-5-7-21-46(42)51(52)54-53(56)35-27-31-38(32-28-35)55-48-23-11-9-19-44(48)45-20-10-12-24-49(45)55/h1-33H. The molecular weight excluding hydrogens is 679 g/mol. The first kappa shape index (κ1) is 30.9. The first-order chi connectivity index (χ1) is 27.8. The third kappa shape index (κ3) is 4.49. The first-order valence-electron chi connectivity index (χ1n) is 19.2. The zero-order chi connectivity index (χ0) is 36.7. The van der Waals surface area contributed by atoms with Gasteiger partial charge >= 0.3 is 0 Å². The molecule has 0 aliphatic heterocycles. The van der Waals surface area contributed by atoms with Crippen LogP contribution in [0.5, 0.6) is 0 Å². The lowest BCUT2D eigenvalue weighted by Crippen LogP contribution is -1.99. The van der Waals surface area contributed by atoms with E-state index >= 15 is 0 Å². The van der Waals surface area contributed by atoms with Crippen LogP contribution in [0.4, 0.5) is 0 Å². The second kappa shape index (κ2) is 12.0. The molecule has 260 valence electrons. The van der Waals surface area contributed by atoms with Crippen molar-refractivity contribution < 1.29 is 0 Å². The van der Waals surface area contributed by atoms with Gasteiger partial charge in [-0.25, -0.2) is 4.98 Å². The van der Waals surface area contributed by atoms with Gasteiger partial charge in [0.15, 0.2) is 0 Å². The van der Waals surface area contributed by atoms with Crippen molar-refractivity contribution in [2.45, 2.75) is 0 Å². The summed E-state index contributed by atoms with van der Waals surface area (Å²) in [6.07, 6.45) is 0. The number of nitrogens with zero attached hydrogens (tertiary/aromatic N) is 3. The number of para-hydroxylation sites is 2. The maximum atomic E-state index is 5.55. The van der Waals surface area contributed by atoms with Crippen molar-refractivity contribution in [3.63, 3.8) is 0 Å². The minimum absolute atomic E-state index is 0.915. The highest BCUT2D eigenvalue weighted by Gasteiger charge is 2.21.